The summed E-state index contributed by atoms with van der Waals surface area (Å²) in [5.74, 6) is 0.0779. The van der Waals surface area contributed by atoms with Crippen LogP contribution in [0.3, 0.4) is 0 Å². The van der Waals surface area contributed by atoms with E-state index in [0.29, 0.717) is 17.8 Å². The van der Waals surface area contributed by atoms with E-state index in [1.54, 1.807) is 0 Å². The second kappa shape index (κ2) is 8.00. The quantitative estimate of drug-likeness (QED) is 0.509. The number of amides is 2. The Kier molecular flexibility index (Phi) is 5.03. The Hall–Kier alpha value is -3.45. The number of aryl methyl sites for hydroxylation is 1. The zero-order valence-electron chi connectivity index (χ0n) is 17.2. The first-order chi connectivity index (χ1) is 15.1. The van der Waals surface area contributed by atoms with Crippen molar-refractivity contribution in [3.8, 4) is 5.69 Å². The van der Waals surface area contributed by atoms with Gasteiger partial charge >= 0.3 is 0 Å². The molecule has 0 spiro atoms. The van der Waals surface area contributed by atoms with Crippen LogP contribution in [0, 0.1) is 6.92 Å². The van der Waals surface area contributed by atoms with Crippen molar-refractivity contribution in [2.24, 2.45) is 0 Å². The Balaban J connectivity index is 1.30. The van der Waals surface area contributed by atoms with Crippen LogP contribution in [0.25, 0.3) is 15.9 Å². The van der Waals surface area contributed by atoms with Gasteiger partial charge in [0.05, 0.1) is 16.3 Å². The number of nitrogens with zero attached hydrogens (tertiary/aromatic N) is 3. The van der Waals surface area contributed by atoms with Gasteiger partial charge in [0, 0.05) is 30.6 Å². The molecule has 6 nitrogen and oxygen atoms in total. The molecule has 1 aliphatic rings. The second-order valence-electron chi connectivity index (χ2n) is 7.66. The van der Waals surface area contributed by atoms with Crippen LogP contribution in [0.2, 0.25) is 0 Å². The minimum atomic E-state index is -0.0981. The maximum atomic E-state index is 12.8. The van der Waals surface area contributed by atoms with Crippen LogP contribution in [0.1, 0.15) is 33.8 Å². The number of carbonyl (C=O) groups excluding carboxylic acids is 2. The Bertz CT molecular complexity index is 1260. The Morgan fingerprint density at radius 2 is 1.87 bits per heavy atom. The molecule has 156 valence electrons. The van der Waals surface area contributed by atoms with Crippen LogP contribution >= 0.6 is 11.3 Å². The Labute approximate surface area is 184 Å². The monoisotopic (exact) mass is 430 g/mol. The normalized spacial score (nSPS) is 13.8. The van der Waals surface area contributed by atoms with Gasteiger partial charge in [-0.3, -0.25) is 9.59 Å². The van der Waals surface area contributed by atoms with E-state index >= 15 is 0 Å². The van der Waals surface area contributed by atoms with Gasteiger partial charge in [0.15, 0.2) is 0 Å². The molecule has 2 amide bonds. The summed E-state index contributed by atoms with van der Waals surface area (Å²) in [7, 11) is 0. The highest BCUT2D eigenvalue weighted by atomic mass is 32.1. The maximum absolute atomic E-state index is 12.8. The highest BCUT2D eigenvalue weighted by Crippen LogP contribution is 2.30. The molecule has 1 fully saturated rings. The third-order valence-electron chi connectivity index (χ3n) is 5.54. The van der Waals surface area contributed by atoms with E-state index in [-0.39, 0.29) is 11.8 Å². The van der Waals surface area contributed by atoms with E-state index in [9.17, 15) is 9.59 Å². The van der Waals surface area contributed by atoms with Crippen LogP contribution in [0.5, 0.6) is 0 Å². The summed E-state index contributed by atoms with van der Waals surface area (Å²) in [5, 5.41) is 8.63. The number of fused-ring (bicyclic) bond motifs is 1. The number of para-hydroxylation sites is 1. The van der Waals surface area contributed by atoms with Crippen molar-refractivity contribution in [1.29, 1.82) is 0 Å². The molecule has 2 aromatic carbocycles. The lowest BCUT2D eigenvalue weighted by atomic mass is 10.2. The molecule has 1 saturated heterocycles. The third-order valence-corrected chi connectivity index (χ3v) is 6.65. The molecule has 2 aromatic heterocycles. The van der Waals surface area contributed by atoms with Crippen LogP contribution in [-0.4, -0.2) is 28.1 Å². The largest absolute Gasteiger partial charge is 0.347 e. The number of anilines is 1. The van der Waals surface area contributed by atoms with E-state index in [0.717, 1.165) is 45.8 Å². The molecule has 3 heterocycles. The summed E-state index contributed by atoms with van der Waals surface area (Å²) in [6.45, 7) is 3.18. The lowest BCUT2D eigenvalue weighted by molar-refractivity contribution is -0.117. The van der Waals surface area contributed by atoms with E-state index in [4.69, 9.17) is 0 Å². The number of nitrogens with one attached hydrogen (secondary N) is 1. The van der Waals surface area contributed by atoms with Gasteiger partial charge < -0.3 is 10.2 Å². The summed E-state index contributed by atoms with van der Waals surface area (Å²) in [6, 6.07) is 19.7. The minimum absolute atomic E-state index is 0.0981. The minimum Gasteiger partial charge on any atom is -0.347 e. The van der Waals surface area contributed by atoms with E-state index < -0.39 is 0 Å². The van der Waals surface area contributed by atoms with Gasteiger partial charge in [0.25, 0.3) is 5.91 Å². The first-order valence-corrected chi connectivity index (χ1v) is 11.1. The maximum Gasteiger partial charge on any atom is 0.261 e. The van der Waals surface area contributed by atoms with Crippen molar-refractivity contribution < 1.29 is 9.59 Å². The van der Waals surface area contributed by atoms with E-state index in [1.807, 2.05) is 77.2 Å². The first-order valence-electron chi connectivity index (χ1n) is 10.3. The molecule has 7 heteroatoms. The summed E-state index contributed by atoms with van der Waals surface area (Å²) >= 11 is 1.45. The van der Waals surface area contributed by atoms with E-state index in [2.05, 4.69) is 10.4 Å². The highest BCUT2D eigenvalue weighted by molar-refractivity contribution is 7.20. The van der Waals surface area contributed by atoms with Gasteiger partial charge in [-0.25, -0.2) is 4.68 Å². The molecule has 0 saturated carbocycles. The predicted octanol–water partition coefficient (Wildman–Crippen LogP) is 4.45. The number of rotatable bonds is 5. The predicted molar refractivity (Wildman–Crippen MR) is 123 cm³/mol. The Morgan fingerprint density at radius 3 is 2.58 bits per heavy atom. The average molecular weight is 431 g/mol. The Morgan fingerprint density at radius 1 is 1.10 bits per heavy atom. The second-order valence-corrected chi connectivity index (χ2v) is 8.69. The summed E-state index contributed by atoms with van der Waals surface area (Å²) in [5.41, 5.74) is 3.80. The van der Waals surface area contributed by atoms with Gasteiger partial charge in [-0.05, 0) is 49.2 Å². The van der Waals surface area contributed by atoms with Crippen LogP contribution < -0.4 is 10.2 Å². The average Bonchev–Trinajstić information content (AvgIpc) is 3.50. The number of carbonyl (C=O) groups is 2. The molecule has 1 aliphatic heterocycles. The van der Waals surface area contributed by atoms with E-state index in [1.165, 1.54) is 11.3 Å². The molecule has 5 rings (SSSR count). The van der Waals surface area contributed by atoms with Gasteiger partial charge in [0.1, 0.15) is 4.83 Å². The van der Waals surface area contributed by atoms with Crippen LogP contribution in [0.4, 0.5) is 5.69 Å². The van der Waals surface area contributed by atoms with Crippen molar-refractivity contribution in [3.63, 3.8) is 0 Å². The van der Waals surface area contributed by atoms with Crippen molar-refractivity contribution in [3.05, 3.63) is 76.8 Å². The number of thiophene rings is 1. The summed E-state index contributed by atoms with van der Waals surface area (Å²) in [4.78, 5) is 28.1. The van der Waals surface area contributed by atoms with Gasteiger partial charge in [-0.1, -0.05) is 30.3 Å². The fourth-order valence-electron chi connectivity index (χ4n) is 3.89. The molecule has 0 bridgehead atoms. The topological polar surface area (TPSA) is 67.2 Å². The zero-order chi connectivity index (χ0) is 21.4. The van der Waals surface area contributed by atoms with Crippen molar-refractivity contribution in [1.82, 2.24) is 15.1 Å². The lowest BCUT2D eigenvalue weighted by Crippen LogP contribution is -2.24. The molecule has 0 aliphatic carbocycles. The number of hydrogen-bond donors (Lipinski definition) is 1. The highest BCUT2D eigenvalue weighted by Gasteiger charge is 2.21. The molecule has 0 radical (unpaired) electrons. The SMILES string of the molecule is Cc1nn(-c2ccccc2)c2sc(C(=O)NCc3ccc(N4CCCC4=O)cc3)cc12. The van der Waals surface area contributed by atoms with Gasteiger partial charge in [-0.2, -0.15) is 5.10 Å². The number of aromatic nitrogens is 2. The van der Waals surface area contributed by atoms with Crippen molar-refractivity contribution in [2.75, 3.05) is 11.4 Å². The summed E-state index contributed by atoms with van der Waals surface area (Å²) < 4.78 is 1.89. The fraction of sp³-hybridized carbons (Fsp3) is 0.208. The molecule has 4 aromatic rings. The molecular weight excluding hydrogens is 408 g/mol. The van der Waals surface area contributed by atoms with Crippen LogP contribution in [-0.2, 0) is 11.3 Å². The number of benzene rings is 2. The molecule has 0 atom stereocenters. The first kappa shape index (κ1) is 19.5. The van der Waals surface area contributed by atoms with Gasteiger partial charge in [-0.15, -0.1) is 11.3 Å². The lowest BCUT2D eigenvalue weighted by Gasteiger charge is -2.16. The van der Waals surface area contributed by atoms with Crippen molar-refractivity contribution in [2.45, 2.75) is 26.3 Å². The molecule has 1 N–H and O–H groups in total. The summed E-state index contributed by atoms with van der Waals surface area (Å²) in [6.07, 6.45) is 1.53. The smallest absolute Gasteiger partial charge is 0.261 e. The standard InChI is InChI=1S/C24H22N4O2S/c1-16-20-14-21(31-24(20)28(26-16)19-6-3-2-4-7-19)23(30)25-15-17-9-11-18(12-10-17)27-13-5-8-22(27)29/h2-4,6-7,9-12,14H,5,8,13,15H2,1H3,(H,25,30). The van der Waals surface area contributed by atoms with Crippen LogP contribution in [0.15, 0.2) is 60.7 Å². The third kappa shape index (κ3) is 3.72. The zero-order valence-corrected chi connectivity index (χ0v) is 18.0. The number of hydrogen-bond acceptors (Lipinski definition) is 4. The van der Waals surface area contributed by atoms with Crippen molar-refractivity contribution >= 4 is 39.1 Å². The van der Waals surface area contributed by atoms with Gasteiger partial charge in [0.2, 0.25) is 5.91 Å². The fourth-order valence-corrected chi connectivity index (χ4v) is 4.99. The molecular formula is C24H22N4O2S. The molecule has 31 heavy (non-hydrogen) atoms. The molecule has 0 unspecified atom stereocenters.